The van der Waals surface area contributed by atoms with Gasteiger partial charge in [-0.1, -0.05) is 47.5 Å². The summed E-state index contributed by atoms with van der Waals surface area (Å²) in [5.41, 5.74) is 6.60. The van der Waals surface area contributed by atoms with E-state index in [1.807, 2.05) is 59.3 Å². The van der Waals surface area contributed by atoms with Crippen molar-refractivity contribution >= 4 is 40.7 Å². The van der Waals surface area contributed by atoms with E-state index in [0.717, 1.165) is 59.4 Å². The molecule has 3 N–H and O–H groups in total. The molecule has 7 heterocycles. The van der Waals surface area contributed by atoms with Gasteiger partial charge in [0.25, 0.3) is 0 Å². The van der Waals surface area contributed by atoms with Crippen LogP contribution in [0.4, 0.5) is 0 Å². The lowest BCUT2D eigenvalue weighted by Gasteiger charge is -2.47. The first-order valence-electron chi connectivity index (χ1n) is 17.3. The third kappa shape index (κ3) is 6.56. The van der Waals surface area contributed by atoms with Crippen molar-refractivity contribution in [3.05, 3.63) is 82.4 Å². The third-order valence-electron chi connectivity index (χ3n) is 10.1. The standard InChI is InChI=1S/C38H38Cl2N8O4/c1-51-30-14-23(17-48-19-25(44-36(30)48)18-47-20-38(21-47)12-10-32(50)46-38)35-34(40)27(11-13-42-35)26-4-3-5-28(33(26)39)29-8-6-22(37(45-29)52-2)15-41-16-24-7-9-31(49)43-24/h3-6,8,11,13-14,17,19,24,41H,7,9-10,12,15-16,18,20-21H2,1-2H3,(H,43,49)(H,46,50)/t24-/m1/s1. The lowest BCUT2D eigenvalue weighted by molar-refractivity contribution is -0.121. The molecule has 0 unspecified atom stereocenters. The fourth-order valence-corrected chi connectivity index (χ4v) is 8.22. The predicted molar refractivity (Wildman–Crippen MR) is 198 cm³/mol. The zero-order valence-corrected chi connectivity index (χ0v) is 30.4. The van der Waals surface area contributed by atoms with Crippen molar-refractivity contribution in [1.29, 1.82) is 0 Å². The molecule has 5 aromatic rings. The Morgan fingerprint density at radius 1 is 0.962 bits per heavy atom. The Labute approximate surface area is 310 Å². The number of carbonyl (C=O) groups is 2. The Morgan fingerprint density at radius 3 is 2.54 bits per heavy atom. The Morgan fingerprint density at radius 2 is 1.79 bits per heavy atom. The first-order valence-corrected chi connectivity index (χ1v) is 18.1. The van der Waals surface area contributed by atoms with Crippen molar-refractivity contribution in [2.75, 3.05) is 33.9 Å². The predicted octanol–water partition coefficient (Wildman–Crippen LogP) is 5.28. The topological polar surface area (TPSA) is 135 Å². The Balaban J connectivity index is 1.04. The highest BCUT2D eigenvalue weighted by Gasteiger charge is 2.47. The first kappa shape index (κ1) is 34.3. The number of carbonyl (C=O) groups excluding carboxylic acids is 2. The molecule has 2 amide bonds. The van der Waals surface area contributed by atoms with E-state index in [4.69, 9.17) is 42.6 Å². The van der Waals surface area contributed by atoms with Crippen molar-refractivity contribution in [2.45, 2.75) is 50.4 Å². The van der Waals surface area contributed by atoms with Crippen LogP contribution in [0.2, 0.25) is 10.0 Å². The van der Waals surface area contributed by atoms with Crippen molar-refractivity contribution in [1.82, 2.24) is 40.2 Å². The van der Waals surface area contributed by atoms with E-state index in [-0.39, 0.29) is 23.4 Å². The second-order valence-corrected chi connectivity index (χ2v) is 14.5. The van der Waals surface area contributed by atoms with Gasteiger partial charge in [-0.2, -0.15) is 0 Å². The monoisotopic (exact) mass is 740 g/mol. The van der Waals surface area contributed by atoms with E-state index < -0.39 is 0 Å². The number of methoxy groups -OCH3 is 2. The SMILES string of the molecule is COc1nc(-c2cccc(-c3ccnc(-c4cc(OC)c5nc(CN6CC7(CCC(=O)N7)C6)cn5c4)c3Cl)c2Cl)ccc1CNC[C@H]1CCC(=O)N1. The van der Waals surface area contributed by atoms with Crippen LogP contribution in [0.25, 0.3) is 39.3 Å². The highest BCUT2D eigenvalue weighted by atomic mass is 35.5. The van der Waals surface area contributed by atoms with Gasteiger partial charge in [-0.3, -0.25) is 19.5 Å². The Hall–Kier alpha value is -4.75. The van der Waals surface area contributed by atoms with Gasteiger partial charge in [0.05, 0.1) is 46.9 Å². The molecule has 268 valence electrons. The number of pyridine rings is 3. The van der Waals surface area contributed by atoms with Crippen LogP contribution in [0.5, 0.6) is 11.6 Å². The fourth-order valence-electron chi connectivity index (χ4n) is 7.57. The summed E-state index contributed by atoms with van der Waals surface area (Å²) in [6.45, 7) is 3.53. The maximum atomic E-state index is 11.8. The molecule has 12 nitrogen and oxygen atoms in total. The number of benzene rings is 1. The number of rotatable bonds is 11. The van der Waals surface area contributed by atoms with Gasteiger partial charge in [-0.25, -0.2) is 9.97 Å². The number of aromatic nitrogens is 4. The summed E-state index contributed by atoms with van der Waals surface area (Å²) in [4.78, 5) is 39.9. The van der Waals surface area contributed by atoms with Crippen molar-refractivity contribution in [3.8, 4) is 45.3 Å². The van der Waals surface area contributed by atoms with Gasteiger partial charge in [0.2, 0.25) is 17.7 Å². The number of hydrogen-bond donors (Lipinski definition) is 3. The number of imidazole rings is 1. The van der Waals surface area contributed by atoms with E-state index >= 15 is 0 Å². The number of hydrogen-bond acceptors (Lipinski definition) is 9. The molecule has 52 heavy (non-hydrogen) atoms. The van der Waals surface area contributed by atoms with Crippen molar-refractivity contribution in [2.24, 2.45) is 0 Å². The van der Waals surface area contributed by atoms with Crippen LogP contribution in [0, 0.1) is 0 Å². The maximum absolute atomic E-state index is 11.8. The normalized spacial score (nSPS) is 18.1. The van der Waals surface area contributed by atoms with Crippen LogP contribution < -0.4 is 25.4 Å². The highest BCUT2D eigenvalue weighted by molar-refractivity contribution is 6.39. The number of likely N-dealkylation sites (tertiary alicyclic amines) is 1. The summed E-state index contributed by atoms with van der Waals surface area (Å²) in [7, 11) is 3.22. The third-order valence-corrected chi connectivity index (χ3v) is 10.9. The zero-order chi connectivity index (χ0) is 36.0. The molecule has 14 heteroatoms. The van der Waals surface area contributed by atoms with E-state index in [0.29, 0.717) is 71.2 Å². The quantitative estimate of drug-likeness (QED) is 0.165. The molecule has 8 rings (SSSR count). The second-order valence-electron chi connectivity index (χ2n) is 13.7. The summed E-state index contributed by atoms with van der Waals surface area (Å²) in [6.07, 6.45) is 8.55. The summed E-state index contributed by atoms with van der Waals surface area (Å²) in [5, 5.41) is 10.4. The number of nitrogens with one attached hydrogen (secondary N) is 3. The van der Waals surface area contributed by atoms with Gasteiger partial charge in [-0.15, -0.1) is 0 Å². The van der Waals surface area contributed by atoms with Crippen LogP contribution in [0.1, 0.15) is 36.9 Å². The molecule has 0 saturated carbocycles. The van der Waals surface area contributed by atoms with Gasteiger partial charge in [0, 0.05) is 98.0 Å². The average molecular weight is 742 g/mol. The summed E-state index contributed by atoms with van der Waals surface area (Å²) < 4.78 is 13.4. The van der Waals surface area contributed by atoms with E-state index in [1.54, 1.807) is 20.4 Å². The summed E-state index contributed by atoms with van der Waals surface area (Å²) in [6, 6.07) is 13.6. The second kappa shape index (κ2) is 14.0. The average Bonchev–Trinajstić information content (AvgIpc) is 3.86. The van der Waals surface area contributed by atoms with Gasteiger partial charge in [0.1, 0.15) is 0 Å². The van der Waals surface area contributed by atoms with E-state index in [9.17, 15) is 9.59 Å². The number of fused-ring (bicyclic) bond motifs is 1. The Kier molecular flexibility index (Phi) is 9.24. The lowest BCUT2D eigenvalue weighted by Crippen LogP contribution is -2.66. The minimum atomic E-state index is -0.0834. The van der Waals surface area contributed by atoms with Crippen LogP contribution in [-0.4, -0.2) is 81.5 Å². The number of amides is 2. The van der Waals surface area contributed by atoms with Crippen LogP contribution >= 0.6 is 23.2 Å². The van der Waals surface area contributed by atoms with Crippen molar-refractivity contribution in [3.63, 3.8) is 0 Å². The van der Waals surface area contributed by atoms with Crippen LogP contribution in [0.3, 0.4) is 0 Å². The van der Waals surface area contributed by atoms with E-state index in [1.165, 1.54) is 0 Å². The number of halogens is 2. The molecule has 0 radical (unpaired) electrons. The molecule has 1 aromatic carbocycles. The molecule has 3 aliphatic rings. The molecule has 4 aromatic heterocycles. The molecular formula is C38H38Cl2N8O4. The van der Waals surface area contributed by atoms with Crippen molar-refractivity contribution < 1.29 is 19.1 Å². The van der Waals surface area contributed by atoms with Gasteiger partial charge in [-0.05, 0) is 31.0 Å². The molecular weight excluding hydrogens is 703 g/mol. The van der Waals surface area contributed by atoms with Gasteiger partial charge in [0.15, 0.2) is 11.4 Å². The van der Waals surface area contributed by atoms with Crippen LogP contribution in [-0.2, 0) is 22.7 Å². The molecule has 3 fully saturated rings. The smallest absolute Gasteiger partial charge is 0.220 e. The number of ether oxygens (including phenoxy) is 2. The molecule has 3 saturated heterocycles. The van der Waals surface area contributed by atoms with Crippen LogP contribution in [0.15, 0.2) is 61.1 Å². The Bertz CT molecular complexity index is 2200. The number of nitrogens with zero attached hydrogens (tertiary/aromatic N) is 5. The molecule has 0 aliphatic carbocycles. The maximum Gasteiger partial charge on any atom is 0.220 e. The summed E-state index contributed by atoms with van der Waals surface area (Å²) >= 11 is 14.3. The minimum Gasteiger partial charge on any atom is -0.493 e. The highest BCUT2D eigenvalue weighted by Crippen LogP contribution is 2.42. The largest absolute Gasteiger partial charge is 0.493 e. The first-order chi connectivity index (χ1) is 25.2. The molecule has 1 spiro atoms. The fraction of sp³-hybridized carbons (Fsp3) is 0.342. The molecule has 0 bridgehead atoms. The lowest BCUT2D eigenvalue weighted by atomic mass is 9.88. The molecule has 3 aliphatic heterocycles. The van der Waals surface area contributed by atoms with Gasteiger partial charge >= 0.3 is 0 Å². The van der Waals surface area contributed by atoms with Gasteiger partial charge < -0.3 is 29.8 Å². The van der Waals surface area contributed by atoms with E-state index in [2.05, 4.69) is 25.8 Å². The molecule has 1 atom stereocenters. The summed E-state index contributed by atoms with van der Waals surface area (Å²) in [5.74, 6) is 1.32. The minimum absolute atomic E-state index is 0.0834. The zero-order valence-electron chi connectivity index (χ0n) is 28.8.